The van der Waals surface area contributed by atoms with E-state index in [4.69, 9.17) is 0 Å². The summed E-state index contributed by atoms with van der Waals surface area (Å²) in [6.45, 7) is 3.87. The highest BCUT2D eigenvalue weighted by atomic mass is 32.1. The average Bonchev–Trinajstić information content (AvgIpc) is 3.26. The van der Waals surface area contributed by atoms with Crippen LogP contribution >= 0.6 is 11.3 Å². The van der Waals surface area contributed by atoms with E-state index in [1.54, 1.807) is 0 Å². The smallest absolute Gasteiger partial charge is 0.263 e. The quantitative estimate of drug-likeness (QED) is 0.346. The second-order valence-corrected chi connectivity index (χ2v) is 8.99. The van der Waals surface area contributed by atoms with E-state index in [1.807, 2.05) is 61.7 Å². The molecule has 0 aliphatic heterocycles. The molecule has 1 amide bonds. The van der Waals surface area contributed by atoms with Crippen molar-refractivity contribution in [3.8, 4) is 11.1 Å². The summed E-state index contributed by atoms with van der Waals surface area (Å²) in [4.78, 5) is 31.9. The molecule has 2 aromatic heterocycles. The molecule has 5 nitrogen and oxygen atoms in total. The number of aryl methyl sites for hydroxylation is 1. The van der Waals surface area contributed by atoms with Crippen molar-refractivity contribution in [3.05, 3.63) is 94.4 Å². The van der Waals surface area contributed by atoms with Crippen molar-refractivity contribution in [2.45, 2.75) is 26.3 Å². The minimum Gasteiger partial charge on any atom is -0.324 e. The van der Waals surface area contributed by atoms with Crippen LogP contribution < -0.4 is 10.9 Å². The summed E-state index contributed by atoms with van der Waals surface area (Å²) in [7, 11) is 0. The Labute approximate surface area is 195 Å². The van der Waals surface area contributed by atoms with E-state index in [-0.39, 0.29) is 11.5 Å². The molecular formula is C27H23N3O2S. The molecule has 164 valence electrons. The van der Waals surface area contributed by atoms with Crippen LogP contribution in [0.2, 0.25) is 0 Å². The molecule has 5 rings (SSSR count). The van der Waals surface area contributed by atoms with Crippen molar-refractivity contribution in [2.24, 2.45) is 0 Å². The molecule has 1 unspecified atom stereocenters. The van der Waals surface area contributed by atoms with Gasteiger partial charge in [0, 0.05) is 16.6 Å². The van der Waals surface area contributed by atoms with Gasteiger partial charge in [-0.25, -0.2) is 4.98 Å². The first kappa shape index (κ1) is 21.1. The van der Waals surface area contributed by atoms with Crippen LogP contribution in [-0.2, 0) is 4.79 Å². The minimum absolute atomic E-state index is 0.198. The molecule has 0 bridgehead atoms. The van der Waals surface area contributed by atoms with Crippen molar-refractivity contribution in [1.29, 1.82) is 0 Å². The Kier molecular flexibility index (Phi) is 5.52. The fourth-order valence-electron chi connectivity index (χ4n) is 4.19. The predicted molar refractivity (Wildman–Crippen MR) is 136 cm³/mol. The van der Waals surface area contributed by atoms with Gasteiger partial charge in [0.15, 0.2) is 0 Å². The van der Waals surface area contributed by atoms with Crippen molar-refractivity contribution in [3.63, 3.8) is 0 Å². The highest BCUT2D eigenvalue weighted by molar-refractivity contribution is 7.17. The number of rotatable bonds is 5. The monoisotopic (exact) mass is 453 g/mol. The predicted octanol–water partition coefficient (Wildman–Crippen LogP) is 6.18. The van der Waals surface area contributed by atoms with Crippen LogP contribution in [0.25, 0.3) is 32.1 Å². The van der Waals surface area contributed by atoms with Gasteiger partial charge in [0.25, 0.3) is 5.56 Å². The number of amides is 1. The van der Waals surface area contributed by atoms with Gasteiger partial charge in [-0.15, -0.1) is 11.3 Å². The lowest BCUT2D eigenvalue weighted by atomic mass is 10.0. The molecule has 2 heterocycles. The lowest BCUT2D eigenvalue weighted by Crippen LogP contribution is -2.33. The Morgan fingerprint density at radius 3 is 2.67 bits per heavy atom. The van der Waals surface area contributed by atoms with Crippen LogP contribution in [0, 0.1) is 6.92 Å². The highest BCUT2D eigenvalue weighted by Crippen LogP contribution is 2.33. The summed E-state index contributed by atoms with van der Waals surface area (Å²) in [5.41, 5.74) is 3.39. The fourth-order valence-corrected chi connectivity index (χ4v) is 5.10. The summed E-state index contributed by atoms with van der Waals surface area (Å²) >= 11 is 1.44. The molecule has 1 atom stereocenters. The number of carbonyl (C=O) groups is 1. The molecule has 6 heteroatoms. The van der Waals surface area contributed by atoms with Gasteiger partial charge in [-0.1, -0.05) is 55.5 Å². The number of fused-ring (bicyclic) bond motifs is 2. The molecular weight excluding hydrogens is 430 g/mol. The first-order chi connectivity index (χ1) is 16.0. The van der Waals surface area contributed by atoms with Gasteiger partial charge in [-0.05, 0) is 53.4 Å². The molecule has 0 aliphatic carbocycles. The SMILES string of the molecule is CCC(C(=O)Nc1cccc(C)c1)n1cnc2scc(-c3ccc4ccccc4c3)c2c1=O. The van der Waals surface area contributed by atoms with Gasteiger partial charge >= 0.3 is 0 Å². The van der Waals surface area contributed by atoms with E-state index in [0.29, 0.717) is 22.3 Å². The van der Waals surface area contributed by atoms with Gasteiger partial charge < -0.3 is 5.32 Å². The van der Waals surface area contributed by atoms with Gasteiger partial charge in [0.2, 0.25) is 5.91 Å². The molecule has 0 fully saturated rings. The maximum absolute atomic E-state index is 13.6. The zero-order chi connectivity index (χ0) is 22.9. The second-order valence-electron chi connectivity index (χ2n) is 8.13. The van der Waals surface area contributed by atoms with Crippen LogP contribution in [0.3, 0.4) is 0 Å². The summed E-state index contributed by atoms with van der Waals surface area (Å²) in [5, 5.41) is 7.73. The summed E-state index contributed by atoms with van der Waals surface area (Å²) < 4.78 is 1.46. The Hall–Kier alpha value is -3.77. The largest absolute Gasteiger partial charge is 0.324 e. The molecule has 3 aromatic carbocycles. The number of benzene rings is 3. The number of anilines is 1. The zero-order valence-electron chi connectivity index (χ0n) is 18.4. The van der Waals surface area contributed by atoms with E-state index in [2.05, 4.69) is 34.6 Å². The molecule has 0 spiro atoms. The van der Waals surface area contributed by atoms with Gasteiger partial charge in [0.1, 0.15) is 10.9 Å². The van der Waals surface area contributed by atoms with Gasteiger partial charge in [-0.3, -0.25) is 14.2 Å². The number of carbonyl (C=O) groups excluding carboxylic acids is 1. The standard InChI is InChI=1S/C27H23N3O2S/c1-3-23(25(31)29-21-10-6-7-17(2)13-21)30-16-28-26-24(27(30)32)22(15-33-26)20-12-11-18-8-4-5-9-19(18)14-20/h4-16,23H,3H2,1-2H3,(H,29,31). The molecule has 33 heavy (non-hydrogen) atoms. The van der Waals surface area contributed by atoms with E-state index < -0.39 is 6.04 Å². The maximum Gasteiger partial charge on any atom is 0.263 e. The summed E-state index contributed by atoms with van der Waals surface area (Å²) in [6, 6.07) is 21.3. The van der Waals surface area contributed by atoms with E-state index in [0.717, 1.165) is 27.5 Å². The van der Waals surface area contributed by atoms with Crippen LogP contribution in [0.5, 0.6) is 0 Å². The van der Waals surface area contributed by atoms with E-state index in [1.165, 1.54) is 22.2 Å². The van der Waals surface area contributed by atoms with E-state index in [9.17, 15) is 9.59 Å². The van der Waals surface area contributed by atoms with Gasteiger partial charge in [0.05, 0.1) is 11.7 Å². The lowest BCUT2D eigenvalue weighted by Gasteiger charge is -2.18. The van der Waals surface area contributed by atoms with Crippen LogP contribution in [0.15, 0.2) is 83.2 Å². The molecule has 0 radical (unpaired) electrons. The Bertz CT molecular complexity index is 1550. The fraction of sp³-hybridized carbons (Fsp3) is 0.148. The average molecular weight is 454 g/mol. The molecule has 0 saturated carbocycles. The summed E-state index contributed by atoms with van der Waals surface area (Å²) in [6.07, 6.45) is 1.97. The summed E-state index contributed by atoms with van der Waals surface area (Å²) in [5.74, 6) is -0.228. The maximum atomic E-state index is 13.6. The van der Waals surface area contributed by atoms with Crippen molar-refractivity contribution < 1.29 is 4.79 Å². The third-order valence-electron chi connectivity index (χ3n) is 5.89. The van der Waals surface area contributed by atoms with Crippen molar-refractivity contribution >= 4 is 43.9 Å². The Morgan fingerprint density at radius 1 is 1.06 bits per heavy atom. The Morgan fingerprint density at radius 2 is 1.88 bits per heavy atom. The van der Waals surface area contributed by atoms with Crippen LogP contribution in [0.1, 0.15) is 24.9 Å². The minimum atomic E-state index is -0.653. The number of hydrogen-bond donors (Lipinski definition) is 1. The lowest BCUT2D eigenvalue weighted by molar-refractivity contribution is -0.119. The number of thiophene rings is 1. The number of hydrogen-bond acceptors (Lipinski definition) is 4. The second kappa shape index (κ2) is 8.64. The van der Waals surface area contributed by atoms with E-state index >= 15 is 0 Å². The molecule has 0 saturated heterocycles. The molecule has 5 aromatic rings. The number of aromatic nitrogens is 2. The normalized spacial score (nSPS) is 12.2. The molecule has 0 aliphatic rings. The third-order valence-corrected chi connectivity index (χ3v) is 6.78. The van der Waals surface area contributed by atoms with Gasteiger partial charge in [-0.2, -0.15) is 0 Å². The van der Waals surface area contributed by atoms with Crippen molar-refractivity contribution in [2.75, 3.05) is 5.32 Å². The topological polar surface area (TPSA) is 64.0 Å². The number of nitrogens with zero attached hydrogens (tertiary/aromatic N) is 2. The Balaban J connectivity index is 1.57. The first-order valence-electron chi connectivity index (χ1n) is 10.9. The molecule has 1 N–H and O–H groups in total. The number of nitrogens with one attached hydrogen (secondary N) is 1. The third kappa shape index (κ3) is 3.94. The highest BCUT2D eigenvalue weighted by Gasteiger charge is 2.23. The van der Waals surface area contributed by atoms with Crippen LogP contribution in [0.4, 0.5) is 5.69 Å². The first-order valence-corrected chi connectivity index (χ1v) is 11.8. The van der Waals surface area contributed by atoms with Crippen LogP contribution in [-0.4, -0.2) is 15.5 Å². The van der Waals surface area contributed by atoms with Crippen molar-refractivity contribution in [1.82, 2.24) is 9.55 Å². The zero-order valence-corrected chi connectivity index (χ0v) is 19.2.